The molecule has 0 saturated heterocycles. The van der Waals surface area contributed by atoms with Gasteiger partial charge in [0.1, 0.15) is 0 Å². The van der Waals surface area contributed by atoms with Crippen molar-refractivity contribution < 1.29 is 5.11 Å². The van der Waals surface area contributed by atoms with Crippen LogP contribution in [0.4, 0.5) is 0 Å². The SMILES string of the molecule is CC.CCC(O)(CCNC)c1ccccc1. The summed E-state index contributed by atoms with van der Waals surface area (Å²) in [5, 5.41) is 13.4. The van der Waals surface area contributed by atoms with Crippen molar-refractivity contribution >= 4 is 0 Å². The highest BCUT2D eigenvalue weighted by atomic mass is 16.3. The zero-order chi connectivity index (χ0) is 12.4. The molecular formula is C14H25NO. The number of rotatable bonds is 5. The van der Waals surface area contributed by atoms with Gasteiger partial charge in [0.05, 0.1) is 5.60 Å². The average molecular weight is 223 g/mol. The van der Waals surface area contributed by atoms with Gasteiger partial charge in [-0.05, 0) is 32.0 Å². The molecule has 1 unspecified atom stereocenters. The number of aliphatic hydroxyl groups is 1. The van der Waals surface area contributed by atoms with Crippen LogP contribution in [-0.4, -0.2) is 18.7 Å². The van der Waals surface area contributed by atoms with E-state index in [9.17, 15) is 5.11 Å². The molecule has 1 aromatic carbocycles. The first kappa shape index (κ1) is 15.1. The maximum absolute atomic E-state index is 10.4. The Labute approximate surface area is 99.7 Å². The maximum Gasteiger partial charge on any atom is 0.0906 e. The molecule has 1 rings (SSSR count). The van der Waals surface area contributed by atoms with E-state index in [-0.39, 0.29) is 0 Å². The van der Waals surface area contributed by atoms with E-state index in [1.807, 2.05) is 58.2 Å². The fourth-order valence-electron chi connectivity index (χ4n) is 1.61. The first-order valence-corrected chi connectivity index (χ1v) is 6.15. The molecule has 2 nitrogen and oxygen atoms in total. The monoisotopic (exact) mass is 223 g/mol. The third-order valence-electron chi connectivity index (χ3n) is 2.68. The van der Waals surface area contributed by atoms with Crippen molar-refractivity contribution in [3.63, 3.8) is 0 Å². The van der Waals surface area contributed by atoms with Crippen molar-refractivity contribution in [1.29, 1.82) is 0 Å². The van der Waals surface area contributed by atoms with E-state index in [1.54, 1.807) is 0 Å². The minimum absolute atomic E-state index is 0.676. The van der Waals surface area contributed by atoms with Crippen molar-refractivity contribution in [1.82, 2.24) is 5.32 Å². The first-order valence-electron chi connectivity index (χ1n) is 6.15. The Morgan fingerprint density at radius 2 is 1.75 bits per heavy atom. The highest BCUT2D eigenvalue weighted by Gasteiger charge is 2.25. The van der Waals surface area contributed by atoms with Crippen LogP contribution in [0, 0.1) is 0 Å². The molecule has 0 aliphatic heterocycles. The number of nitrogens with one attached hydrogen (secondary N) is 1. The molecule has 2 heteroatoms. The molecular weight excluding hydrogens is 198 g/mol. The molecule has 0 aliphatic rings. The molecule has 16 heavy (non-hydrogen) atoms. The van der Waals surface area contributed by atoms with E-state index in [0.717, 1.165) is 24.9 Å². The highest BCUT2D eigenvalue weighted by molar-refractivity contribution is 5.22. The van der Waals surface area contributed by atoms with Crippen LogP contribution in [-0.2, 0) is 5.60 Å². The molecule has 2 N–H and O–H groups in total. The summed E-state index contributed by atoms with van der Waals surface area (Å²) < 4.78 is 0. The Morgan fingerprint density at radius 1 is 1.19 bits per heavy atom. The van der Waals surface area contributed by atoms with Gasteiger partial charge < -0.3 is 10.4 Å². The largest absolute Gasteiger partial charge is 0.385 e. The molecule has 92 valence electrons. The second kappa shape index (κ2) is 8.31. The minimum atomic E-state index is -0.676. The van der Waals surface area contributed by atoms with Crippen molar-refractivity contribution in [2.24, 2.45) is 0 Å². The summed E-state index contributed by atoms with van der Waals surface area (Å²) in [4.78, 5) is 0. The van der Waals surface area contributed by atoms with Crippen LogP contribution in [0.15, 0.2) is 30.3 Å². The quantitative estimate of drug-likeness (QED) is 0.804. The predicted molar refractivity (Wildman–Crippen MR) is 70.5 cm³/mol. The molecule has 0 aromatic heterocycles. The van der Waals surface area contributed by atoms with Gasteiger partial charge in [-0.25, -0.2) is 0 Å². The Bertz CT molecular complexity index is 261. The van der Waals surface area contributed by atoms with Gasteiger partial charge in [0.25, 0.3) is 0 Å². The molecule has 0 spiro atoms. The summed E-state index contributed by atoms with van der Waals surface area (Å²) >= 11 is 0. The second-order valence-electron chi connectivity index (χ2n) is 3.60. The zero-order valence-corrected chi connectivity index (χ0v) is 11.0. The van der Waals surface area contributed by atoms with E-state index in [2.05, 4.69) is 5.32 Å². The van der Waals surface area contributed by atoms with Crippen molar-refractivity contribution in [3.8, 4) is 0 Å². The smallest absolute Gasteiger partial charge is 0.0906 e. The standard InChI is InChI=1S/C12H19NO.C2H6/c1-3-12(14,9-10-13-2)11-7-5-4-6-8-11;1-2/h4-8,13-14H,3,9-10H2,1-2H3;1-2H3. The molecule has 0 heterocycles. The number of benzene rings is 1. The van der Waals surface area contributed by atoms with E-state index in [4.69, 9.17) is 0 Å². The van der Waals surface area contributed by atoms with Crippen LogP contribution in [0.2, 0.25) is 0 Å². The Hall–Kier alpha value is -0.860. The Morgan fingerprint density at radius 3 is 2.19 bits per heavy atom. The van der Waals surface area contributed by atoms with Gasteiger partial charge in [0.15, 0.2) is 0 Å². The van der Waals surface area contributed by atoms with Crippen molar-refractivity contribution in [2.45, 2.75) is 39.2 Å². The van der Waals surface area contributed by atoms with Gasteiger partial charge in [0.2, 0.25) is 0 Å². The van der Waals surface area contributed by atoms with E-state index >= 15 is 0 Å². The Balaban J connectivity index is 0.00000106. The van der Waals surface area contributed by atoms with Gasteiger partial charge in [-0.2, -0.15) is 0 Å². The lowest BCUT2D eigenvalue weighted by atomic mass is 9.88. The summed E-state index contributed by atoms with van der Waals surface area (Å²) in [6, 6.07) is 9.88. The average Bonchev–Trinajstić information content (AvgIpc) is 2.39. The molecule has 0 fully saturated rings. The van der Waals surface area contributed by atoms with Crippen molar-refractivity contribution in [2.75, 3.05) is 13.6 Å². The molecule has 1 atom stereocenters. The predicted octanol–water partition coefficient (Wildman–Crippen LogP) is 2.92. The molecule has 0 radical (unpaired) electrons. The molecule has 0 aliphatic carbocycles. The summed E-state index contributed by atoms with van der Waals surface area (Å²) in [5.74, 6) is 0. The highest BCUT2D eigenvalue weighted by Crippen LogP contribution is 2.27. The summed E-state index contributed by atoms with van der Waals surface area (Å²) in [5.41, 5.74) is 0.335. The second-order valence-corrected chi connectivity index (χ2v) is 3.60. The van der Waals surface area contributed by atoms with E-state index in [0.29, 0.717) is 0 Å². The minimum Gasteiger partial charge on any atom is -0.385 e. The third kappa shape index (κ3) is 4.33. The number of hydrogen-bond donors (Lipinski definition) is 2. The van der Waals surface area contributed by atoms with E-state index < -0.39 is 5.60 Å². The lowest BCUT2D eigenvalue weighted by molar-refractivity contribution is 0.0242. The van der Waals surface area contributed by atoms with Crippen LogP contribution in [0.25, 0.3) is 0 Å². The summed E-state index contributed by atoms with van der Waals surface area (Å²) in [6.45, 7) is 6.85. The molecule has 1 aromatic rings. The van der Waals surface area contributed by atoms with Crippen molar-refractivity contribution in [3.05, 3.63) is 35.9 Å². The summed E-state index contributed by atoms with van der Waals surface area (Å²) in [6.07, 6.45) is 1.50. The summed E-state index contributed by atoms with van der Waals surface area (Å²) in [7, 11) is 1.90. The fraction of sp³-hybridized carbons (Fsp3) is 0.571. The lowest BCUT2D eigenvalue weighted by Gasteiger charge is -2.27. The van der Waals surface area contributed by atoms with Crippen LogP contribution in [0.1, 0.15) is 39.2 Å². The van der Waals surface area contributed by atoms with Gasteiger partial charge in [-0.3, -0.25) is 0 Å². The first-order chi connectivity index (χ1) is 7.73. The molecule has 0 bridgehead atoms. The van der Waals surface area contributed by atoms with Gasteiger partial charge >= 0.3 is 0 Å². The van der Waals surface area contributed by atoms with E-state index in [1.165, 1.54) is 0 Å². The van der Waals surface area contributed by atoms with Crippen LogP contribution in [0.3, 0.4) is 0 Å². The zero-order valence-electron chi connectivity index (χ0n) is 11.0. The number of hydrogen-bond acceptors (Lipinski definition) is 2. The maximum atomic E-state index is 10.4. The third-order valence-corrected chi connectivity index (χ3v) is 2.68. The molecule has 0 amide bonds. The van der Waals surface area contributed by atoms with Crippen LogP contribution >= 0.6 is 0 Å². The molecule has 0 saturated carbocycles. The lowest BCUT2D eigenvalue weighted by Crippen LogP contribution is -2.29. The Kier molecular flexibility index (Phi) is 7.86. The van der Waals surface area contributed by atoms with Gasteiger partial charge in [-0.1, -0.05) is 51.1 Å². The topological polar surface area (TPSA) is 32.3 Å². The van der Waals surface area contributed by atoms with Crippen LogP contribution < -0.4 is 5.32 Å². The van der Waals surface area contributed by atoms with Gasteiger partial charge in [0, 0.05) is 0 Å². The van der Waals surface area contributed by atoms with Crippen LogP contribution in [0.5, 0.6) is 0 Å². The van der Waals surface area contributed by atoms with Gasteiger partial charge in [-0.15, -0.1) is 0 Å². The normalized spacial score (nSPS) is 13.6. The fourth-order valence-corrected chi connectivity index (χ4v) is 1.61.